The molecule has 0 unspecified atom stereocenters. The predicted molar refractivity (Wildman–Crippen MR) is 96.6 cm³/mol. The topological polar surface area (TPSA) is 69.9 Å². The van der Waals surface area contributed by atoms with Gasteiger partial charge < -0.3 is 4.74 Å². The monoisotopic (exact) mass is 372 g/mol. The highest BCUT2D eigenvalue weighted by Gasteiger charge is 2.16. The smallest absolute Gasteiger partial charge is 0.214 e. The van der Waals surface area contributed by atoms with Crippen LogP contribution in [0.4, 0.5) is 4.39 Å². The van der Waals surface area contributed by atoms with Crippen molar-refractivity contribution in [3.63, 3.8) is 0 Å². The molecule has 1 heterocycles. The number of hydrogen-bond donors (Lipinski definition) is 0. The van der Waals surface area contributed by atoms with E-state index in [4.69, 9.17) is 4.74 Å². The fourth-order valence-electron chi connectivity index (χ4n) is 2.60. The second-order valence-electron chi connectivity index (χ2n) is 5.67. The zero-order valence-electron chi connectivity index (χ0n) is 14.6. The van der Waals surface area contributed by atoms with Crippen molar-refractivity contribution in [1.29, 1.82) is 0 Å². The first-order chi connectivity index (χ1) is 12.5. The largest absolute Gasteiger partial charge is 0.494 e. The lowest BCUT2D eigenvalue weighted by molar-refractivity contribution is 0.102. The van der Waals surface area contributed by atoms with Gasteiger partial charge in [-0.15, -0.1) is 5.10 Å². The summed E-state index contributed by atoms with van der Waals surface area (Å²) >= 11 is 1.21. The van der Waals surface area contributed by atoms with Crippen LogP contribution < -0.4 is 4.74 Å². The molecular weight excluding hydrogens is 355 g/mol. The van der Waals surface area contributed by atoms with Gasteiger partial charge in [-0.25, -0.2) is 4.39 Å². The van der Waals surface area contributed by atoms with Crippen molar-refractivity contribution in [3.8, 4) is 11.4 Å². The Kier molecular flexibility index (Phi) is 5.32. The average molecular weight is 372 g/mol. The van der Waals surface area contributed by atoms with Crippen LogP contribution in [-0.2, 0) is 0 Å². The molecule has 0 aliphatic heterocycles. The highest BCUT2D eigenvalue weighted by atomic mass is 32.2. The first-order valence-corrected chi connectivity index (χ1v) is 8.84. The predicted octanol–water partition coefficient (Wildman–Crippen LogP) is 3.40. The second kappa shape index (κ2) is 7.65. The van der Waals surface area contributed by atoms with E-state index in [0.717, 1.165) is 16.8 Å². The number of para-hydroxylation sites is 1. The number of ketones is 1. The first kappa shape index (κ1) is 18.1. The molecule has 3 rings (SSSR count). The van der Waals surface area contributed by atoms with Gasteiger partial charge in [0.2, 0.25) is 5.16 Å². The normalized spacial score (nSPS) is 10.8. The minimum atomic E-state index is -0.566. The highest BCUT2D eigenvalue weighted by Crippen LogP contribution is 2.25. The maximum atomic E-state index is 13.8. The fraction of sp³-hybridized carbons (Fsp3) is 0.222. The Morgan fingerprint density at radius 3 is 2.62 bits per heavy atom. The molecule has 134 valence electrons. The molecule has 0 bridgehead atoms. The maximum Gasteiger partial charge on any atom is 0.214 e. The Balaban J connectivity index is 1.78. The summed E-state index contributed by atoms with van der Waals surface area (Å²) in [7, 11) is 1.38. The number of benzene rings is 2. The number of aromatic nitrogens is 4. The molecular formula is C18H17FN4O2S. The lowest BCUT2D eigenvalue weighted by Gasteiger charge is -2.10. The van der Waals surface area contributed by atoms with Gasteiger partial charge in [-0.2, -0.15) is 4.68 Å². The van der Waals surface area contributed by atoms with Crippen molar-refractivity contribution in [1.82, 2.24) is 20.2 Å². The van der Waals surface area contributed by atoms with Crippen molar-refractivity contribution in [3.05, 3.63) is 58.9 Å². The molecule has 0 amide bonds. The van der Waals surface area contributed by atoms with Gasteiger partial charge in [0, 0.05) is 5.56 Å². The van der Waals surface area contributed by atoms with Gasteiger partial charge in [0.25, 0.3) is 0 Å². The van der Waals surface area contributed by atoms with E-state index >= 15 is 0 Å². The van der Waals surface area contributed by atoms with E-state index in [0.29, 0.717) is 5.16 Å². The minimum Gasteiger partial charge on any atom is -0.494 e. The van der Waals surface area contributed by atoms with Crippen molar-refractivity contribution in [2.24, 2.45) is 0 Å². The van der Waals surface area contributed by atoms with Gasteiger partial charge >= 0.3 is 0 Å². The third-order valence-corrected chi connectivity index (χ3v) is 4.82. The molecule has 0 aliphatic carbocycles. The number of carbonyl (C=O) groups excluding carboxylic acids is 1. The molecule has 0 spiro atoms. The summed E-state index contributed by atoms with van der Waals surface area (Å²) in [6.07, 6.45) is 0. The Morgan fingerprint density at radius 2 is 1.96 bits per heavy atom. The standard InChI is InChI=1S/C18H17FN4O2S/c1-11-5-4-6-12(2)17(11)23-18(20-21-22-23)26-10-15(24)13-7-8-16(25-3)14(19)9-13/h4-9H,10H2,1-3H3. The van der Waals surface area contributed by atoms with Crippen LogP contribution in [-0.4, -0.2) is 38.9 Å². The Bertz CT molecular complexity index is 938. The summed E-state index contributed by atoms with van der Waals surface area (Å²) in [4.78, 5) is 12.4. The summed E-state index contributed by atoms with van der Waals surface area (Å²) in [5.74, 6) is -0.582. The van der Waals surface area contributed by atoms with Crippen molar-refractivity contribution in [2.45, 2.75) is 19.0 Å². The molecule has 3 aromatic rings. The van der Waals surface area contributed by atoms with Crippen LogP contribution in [0.25, 0.3) is 5.69 Å². The number of rotatable bonds is 6. The van der Waals surface area contributed by atoms with Gasteiger partial charge in [-0.05, 0) is 53.6 Å². The van der Waals surface area contributed by atoms with E-state index in [2.05, 4.69) is 15.5 Å². The Morgan fingerprint density at radius 1 is 1.23 bits per heavy atom. The quantitative estimate of drug-likeness (QED) is 0.488. The molecule has 6 nitrogen and oxygen atoms in total. The van der Waals surface area contributed by atoms with Crippen LogP contribution in [0.15, 0.2) is 41.6 Å². The molecule has 2 aromatic carbocycles. The number of ether oxygens (including phenoxy) is 1. The number of carbonyl (C=O) groups is 1. The fourth-order valence-corrected chi connectivity index (χ4v) is 3.37. The summed E-state index contributed by atoms with van der Waals surface area (Å²) in [6.45, 7) is 3.95. The number of halogens is 1. The highest BCUT2D eigenvalue weighted by molar-refractivity contribution is 7.99. The van der Waals surface area contributed by atoms with Gasteiger partial charge in [0.05, 0.1) is 18.6 Å². The molecule has 0 aliphatic rings. The van der Waals surface area contributed by atoms with Crippen LogP contribution in [0.1, 0.15) is 21.5 Å². The van der Waals surface area contributed by atoms with Gasteiger partial charge in [-0.3, -0.25) is 4.79 Å². The molecule has 0 N–H and O–H groups in total. The average Bonchev–Trinajstić information content (AvgIpc) is 3.07. The van der Waals surface area contributed by atoms with Crippen LogP contribution in [0.3, 0.4) is 0 Å². The van der Waals surface area contributed by atoms with Gasteiger partial charge in [-0.1, -0.05) is 30.0 Å². The number of aryl methyl sites for hydroxylation is 2. The van der Waals surface area contributed by atoms with Crippen molar-refractivity contribution in [2.75, 3.05) is 12.9 Å². The van der Waals surface area contributed by atoms with Crippen LogP contribution in [0.5, 0.6) is 5.75 Å². The third kappa shape index (κ3) is 3.60. The summed E-state index contributed by atoms with van der Waals surface area (Å²) in [5.41, 5.74) is 3.23. The van der Waals surface area contributed by atoms with E-state index in [-0.39, 0.29) is 22.8 Å². The number of Topliss-reactive ketones (excluding diaryl/α,β-unsaturated/α-hetero) is 1. The number of hydrogen-bond acceptors (Lipinski definition) is 6. The summed E-state index contributed by atoms with van der Waals surface area (Å²) in [5, 5.41) is 12.3. The third-order valence-electron chi connectivity index (χ3n) is 3.90. The van der Waals surface area contributed by atoms with E-state index < -0.39 is 5.82 Å². The zero-order chi connectivity index (χ0) is 18.7. The number of nitrogens with zero attached hydrogens (tertiary/aromatic N) is 4. The Labute approximate surface area is 154 Å². The number of tetrazole rings is 1. The van der Waals surface area contributed by atoms with Crippen LogP contribution in [0.2, 0.25) is 0 Å². The van der Waals surface area contributed by atoms with E-state index in [9.17, 15) is 9.18 Å². The molecule has 1 aromatic heterocycles. The van der Waals surface area contributed by atoms with Crippen LogP contribution in [0, 0.1) is 19.7 Å². The molecule has 26 heavy (non-hydrogen) atoms. The molecule has 0 atom stereocenters. The second-order valence-corrected chi connectivity index (χ2v) is 6.62. The van der Waals surface area contributed by atoms with E-state index in [1.54, 1.807) is 10.7 Å². The number of methoxy groups -OCH3 is 1. The molecule has 0 fully saturated rings. The summed E-state index contributed by atoms with van der Waals surface area (Å²) < 4.78 is 20.3. The zero-order valence-corrected chi connectivity index (χ0v) is 15.4. The maximum absolute atomic E-state index is 13.8. The Hall–Kier alpha value is -2.74. The number of thioether (sulfide) groups is 1. The SMILES string of the molecule is COc1ccc(C(=O)CSc2nnnn2-c2c(C)cccc2C)cc1F. The van der Waals surface area contributed by atoms with Gasteiger partial charge in [0.15, 0.2) is 17.3 Å². The van der Waals surface area contributed by atoms with E-state index in [1.807, 2.05) is 32.0 Å². The lowest BCUT2D eigenvalue weighted by Crippen LogP contribution is -2.07. The summed E-state index contributed by atoms with van der Waals surface area (Å²) in [6, 6.07) is 10.1. The first-order valence-electron chi connectivity index (χ1n) is 7.85. The van der Waals surface area contributed by atoms with Crippen molar-refractivity contribution < 1.29 is 13.9 Å². The molecule has 0 saturated carbocycles. The van der Waals surface area contributed by atoms with Crippen LogP contribution >= 0.6 is 11.8 Å². The minimum absolute atomic E-state index is 0.0943. The van der Waals surface area contributed by atoms with E-state index in [1.165, 1.54) is 31.0 Å². The van der Waals surface area contributed by atoms with Crippen molar-refractivity contribution >= 4 is 17.5 Å². The van der Waals surface area contributed by atoms with Gasteiger partial charge in [0.1, 0.15) is 0 Å². The molecule has 0 radical (unpaired) electrons. The molecule has 8 heteroatoms. The lowest BCUT2D eigenvalue weighted by atomic mass is 10.1. The molecule has 0 saturated heterocycles.